The van der Waals surface area contributed by atoms with Crippen LogP contribution >= 0.6 is 0 Å². The van der Waals surface area contributed by atoms with Crippen molar-refractivity contribution >= 4 is 17.8 Å². The number of hydrogen-bond acceptors (Lipinski definition) is 6. The van der Waals surface area contributed by atoms with Gasteiger partial charge in [-0.05, 0) is 16.5 Å². The van der Waals surface area contributed by atoms with Gasteiger partial charge in [-0.3, -0.25) is 4.79 Å². The maximum atomic E-state index is 13.6. The lowest BCUT2D eigenvalue weighted by Crippen LogP contribution is -2.65. The monoisotopic (exact) mass is 606 g/mol. The summed E-state index contributed by atoms with van der Waals surface area (Å²) < 4.78 is 38.6. The Kier molecular flexibility index (Phi) is 11.0. The van der Waals surface area contributed by atoms with Gasteiger partial charge in [0.2, 0.25) is 11.5 Å². The highest BCUT2D eigenvalue weighted by Gasteiger charge is 2.50. The van der Waals surface area contributed by atoms with Crippen molar-refractivity contribution in [2.45, 2.75) is 64.3 Å². The number of esters is 1. The Bertz CT molecular complexity index is 1180. The molecule has 0 aromatic heterocycles. The zero-order valence-corrected chi connectivity index (χ0v) is 24.9. The second-order valence-electron chi connectivity index (χ2n) is 12.6. The van der Waals surface area contributed by atoms with Crippen LogP contribution in [0.15, 0.2) is 60.7 Å². The normalized spacial score (nSPS) is 21.7. The van der Waals surface area contributed by atoms with Gasteiger partial charge in [-0.1, -0.05) is 81.4 Å². The molecule has 5 rings (SSSR count). The summed E-state index contributed by atoms with van der Waals surface area (Å²) in [5, 5.41) is 23.6. The molecule has 2 bridgehead atoms. The summed E-state index contributed by atoms with van der Waals surface area (Å²) in [6.07, 6.45) is -1.95. The van der Waals surface area contributed by atoms with E-state index in [2.05, 4.69) is 26.1 Å². The van der Waals surface area contributed by atoms with Gasteiger partial charge in [-0.15, -0.1) is 0 Å². The largest absolute Gasteiger partial charge is 0.542 e. The number of rotatable bonds is 9. The van der Waals surface area contributed by atoms with Crippen LogP contribution in [0.5, 0.6) is 0 Å². The van der Waals surface area contributed by atoms with E-state index in [0.29, 0.717) is 30.0 Å². The molecule has 0 aliphatic carbocycles. The molecule has 8 nitrogen and oxygen atoms in total. The van der Waals surface area contributed by atoms with Gasteiger partial charge in [0.25, 0.3) is 0 Å². The number of piperidine rings is 3. The second kappa shape index (κ2) is 13.9. The third kappa shape index (κ3) is 9.27. The number of nitrogens with one attached hydrogen (secondary N) is 1. The van der Waals surface area contributed by atoms with Crippen molar-refractivity contribution in [2.24, 2.45) is 11.3 Å². The van der Waals surface area contributed by atoms with Gasteiger partial charge in [0.15, 0.2) is 6.10 Å². The fourth-order valence-electron chi connectivity index (χ4n) is 5.84. The van der Waals surface area contributed by atoms with Crippen LogP contribution in [0, 0.1) is 11.3 Å². The number of halogens is 3. The lowest BCUT2D eigenvalue weighted by atomic mass is 9.82. The van der Waals surface area contributed by atoms with Crippen molar-refractivity contribution in [3.63, 3.8) is 0 Å². The quantitative estimate of drug-likeness (QED) is 0.257. The van der Waals surface area contributed by atoms with Gasteiger partial charge in [-0.25, -0.2) is 4.79 Å². The molecular formula is C32H41F3N2O6. The van der Waals surface area contributed by atoms with E-state index in [0.717, 1.165) is 49.9 Å². The smallest absolute Gasteiger partial charge is 0.430 e. The Hall–Kier alpha value is -3.44. The number of carboxylic acid groups (broad SMARTS) is 1. The van der Waals surface area contributed by atoms with Crippen molar-refractivity contribution in [2.75, 3.05) is 32.7 Å². The number of aliphatic carboxylic acids is 1. The van der Waals surface area contributed by atoms with E-state index in [4.69, 9.17) is 14.6 Å². The summed E-state index contributed by atoms with van der Waals surface area (Å²) in [5.41, 5.74) is -0.842. The first-order chi connectivity index (χ1) is 20.1. The van der Waals surface area contributed by atoms with Crippen LogP contribution < -0.4 is 10.4 Å². The molecule has 3 saturated heterocycles. The lowest BCUT2D eigenvalue weighted by molar-refractivity contribution is -0.946. The number of aliphatic hydroxyl groups is 1. The summed E-state index contributed by atoms with van der Waals surface area (Å²) >= 11 is 0. The van der Waals surface area contributed by atoms with Crippen LogP contribution in [-0.2, 0) is 24.7 Å². The van der Waals surface area contributed by atoms with Gasteiger partial charge in [-0.2, -0.15) is 13.2 Å². The molecule has 1 amide bonds. The summed E-state index contributed by atoms with van der Waals surface area (Å²) in [6, 6.07) is 18.1. The summed E-state index contributed by atoms with van der Waals surface area (Å²) in [4.78, 5) is 34.6. The number of fused-ring (bicyclic) bond motifs is 3. The molecule has 2 N–H and O–H groups in total. The maximum Gasteiger partial charge on any atom is 0.430 e. The zero-order chi connectivity index (χ0) is 31.9. The van der Waals surface area contributed by atoms with Crippen molar-refractivity contribution in [3.8, 4) is 0 Å². The number of ether oxygens (including phenoxy) is 1. The fourth-order valence-corrected chi connectivity index (χ4v) is 5.84. The summed E-state index contributed by atoms with van der Waals surface area (Å²) in [6.45, 7) is 10.8. The van der Waals surface area contributed by atoms with E-state index in [1.807, 2.05) is 36.4 Å². The molecule has 0 saturated carbocycles. The molecule has 3 heterocycles. The molecule has 43 heavy (non-hydrogen) atoms. The van der Waals surface area contributed by atoms with Gasteiger partial charge in [0, 0.05) is 38.1 Å². The number of carbonyl (C=O) groups excluding carboxylic acids is 3. The zero-order valence-electron chi connectivity index (χ0n) is 24.9. The van der Waals surface area contributed by atoms with Gasteiger partial charge in [0.05, 0.1) is 19.6 Å². The van der Waals surface area contributed by atoms with Gasteiger partial charge >= 0.3 is 12.1 Å². The van der Waals surface area contributed by atoms with Crippen LogP contribution in [0.1, 0.15) is 57.6 Å². The predicted octanol–water partition coefficient (Wildman–Crippen LogP) is 3.32. The Morgan fingerprint density at radius 1 is 0.953 bits per heavy atom. The molecule has 3 aliphatic heterocycles. The van der Waals surface area contributed by atoms with Crippen LogP contribution in [0.3, 0.4) is 0 Å². The highest BCUT2D eigenvalue weighted by molar-refractivity contribution is 5.85. The SMILES string of the molecule is CC(C)(C)CC(=O)NCCC[N+]12CCC(CC1)[C@@H](OC(=O)C(O)(c1ccccc1)c1ccccc1)C2.O=C([O-])C(F)(F)F. The first kappa shape index (κ1) is 34.1. The standard InChI is InChI=1S/C30H40N2O4.C2HF3O2/c1-29(2,3)21-27(33)31-17-10-18-32-19-15-23(16-20-32)26(22-32)36-28(34)30(35,24-11-6-4-7-12-24)25-13-8-5-9-14-25;3-2(4,5)1(6)7/h4-9,11-14,23,26,35H,10,15-22H2,1-3H3;(H,6,7)/t23?,26-,32?;/m0./s1. The summed E-state index contributed by atoms with van der Waals surface area (Å²) in [7, 11) is 0. The molecule has 11 heteroatoms. The highest BCUT2D eigenvalue weighted by Crippen LogP contribution is 2.38. The molecule has 2 aromatic rings. The Morgan fingerprint density at radius 2 is 1.44 bits per heavy atom. The minimum absolute atomic E-state index is 0.0148. The number of carboxylic acids is 1. The number of benzene rings is 2. The minimum Gasteiger partial charge on any atom is -0.542 e. The number of hydrogen-bond donors (Lipinski definition) is 2. The Balaban J connectivity index is 0.000000646. The minimum atomic E-state index is -5.19. The van der Waals surface area contributed by atoms with Crippen molar-refractivity contribution in [1.29, 1.82) is 0 Å². The molecule has 0 radical (unpaired) electrons. The number of nitrogens with zero attached hydrogens (tertiary/aromatic N) is 1. The number of quaternary nitrogens is 1. The number of amides is 1. The summed E-state index contributed by atoms with van der Waals surface area (Å²) in [5.74, 6) is -3.18. The molecular weight excluding hydrogens is 565 g/mol. The van der Waals surface area contributed by atoms with Crippen molar-refractivity contribution in [3.05, 3.63) is 71.8 Å². The Morgan fingerprint density at radius 3 is 1.88 bits per heavy atom. The van der Waals surface area contributed by atoms with Crippen LogP contribution in [0.2, 0.25) is 0 Å². The van der Waals surface area contributed by atoms with E-state index < -0.39 is 23.7 Å². The van der Waals surface area contributed by atoms with Gasteiger partial charge < -0.3 is 29.5 Å². The van der Waals surface area contributed by atoms with Crippen molar-refractivity contribution < 1.29 is 47.0 Å². The Labute approximate surface area is 250 Å². The van der Waals surface area contributed by atoms with Crippen molar-refractivity contribution in [1.82, 2.24) is 5.32 Å². The third-order valence-electron chi connectivity index (χ3n) is 8.03. The molecule has 3 aliphatic rings. The molecule has 3 fully saturated rings. The van der Waals surface area contributed by atoms with E-state index in [-0.39, 0.29) is 17.4 Å². The average molecular weight is 607 g/mol. The molecule has 0 spiro atoms. The number of alkyl halides is 3. The van der Waals surface area contributed by atoms with Crippen LogP contribution in [-0.4, -0.2) is 72.4 Å². The topological polar surface area (TPSA) is 116 Å². The second-order valence-corrected chi connectivity index (χ2v) is 12.6. The van der Waals surface area contributed by atoms with Crippen LogP contribution in [0.4, 0.5) is 13.2 Å². The van der Waals surface area contributed by atoms with E-state index in [1.165, 1.54) is 0 Å². The molecule has 236 valence electrons. The highest BCUT2D eigenvalue weighted by atomic mass is 19.4. The van der Waals surface area contributed by atoms with Crippen LogP contribution in [0.25, 0.3) is 0 Å². The fraction of sp³-hybridized carbons (Fsp3) is 0.531. The van der Waals surface area contributed by atoms with E-state index in [9.17, 15) is 27.9 Å². The number of carbonyl (C=O) groups is 3. The average Bonchev–Trinajstić information content (AvgIpc) is 2.95. The van der Waals surface area contributed by atoms with E-state index >= 15 is 0 Å². The first-order valence-electron chi connectivity index (χ1n) is 14.5. The molecule has 1 atom stereocenters. The van der Waals surface area contributed by atoms with E-state index in [1.54, 1.807) is 24.3 Å². The maximum absolute atomic E-state index is 13.6. The van der Waals surface area contributed by atoms with Gasteiger partial charge in [0.1, 0.15) is 12.5 Å². The third-order valence-corrected chi connectivity index (χ3v) is 8.03. The lowest BCUT2D eigenvalue weighted by Gasteiger charge is -2.52. The molecule has 0 unspecified atom stereocenters. The predicted molar refractivity (Wildman–Crippen MR) is 151 cm³/mol. The molecule has 2 aromatic carbocycles. The first-order valence-corrected chi connectivity index (χ1v) is 14.5.